The predicted octanol–water partition coefficient (Wildman–Crippen LogP) is 2.96. The third kappa shape index (κ3) is 2.19. The first-order chi connectivity index (χ1) is 6.81. The molecule has 0 aromatic heterocycles. The monoisotopic (exact) mass is 226 g/mol. The maximum Gasteiger partial charge on any atom is 0.184 e. The van der Waals surface area contributed by atoms with Gasteiger partial charge in [-0.15, -0.1) is 0 Å². The zero-order valence-corrected chi connectivity index (χ0v) is 11.3. The second kappa shape index (κ2) is 3.44. The molecule has 1 saturated heterocycles. The van der Waals surface area contributed by atoms with Crippen LogP contribution in [0.15, 0.2) is 12.2 Å². The van der Waals surface area contributed by atoms with E-state index >= 15 is 0 Å². The fraction of sp³-hybridized carbons (Fsp3) is 0.833. The zero-order valence-electron chi connectivity index (χ0n) is 10.3. The van der Waals surface area contributed by atoms with Gasteiger partial charge in [0, 0.05) is 12.3 Å². The molecule has 1 aliphatic heterocycles. The molecule has 0 aromatic carbocycles. The highest BCUT2D eigenvalue weighted by atomic mass is 28.4. The average Bonchev–Trinajstić information content (AvgIpc) is 2.56. The molecule has 1 aliphatic carbocycles. The van der Waals surface area contributed by atoms with Crippen LogP contribution in [0.3, 0.4) is 0 Å². The van der Waals surface area contributed by atoms with E-state index in [-0.39, 0.29) is 5.60 Å². The minimum Gasteiger partial charge on any atom is -0.410 e. The van der Waals surface area contributed by atoms with E-state index in [1.807, 2.05) is 0 Å². The Balaban J connectivity index is 2.10. The SMILES string of the molecule is C=C(C)C1CC2(O[Si](C)(C)C)COC1C2. The summed E-state index contributed by atoms with van der Waals surface area (Å²) < 4.78 is 12.1. The van der Waals surface area contributed by atoms with Crippen molar-refractivity contribution in [1.82, 2.24) is 0 Å². The summed E-state index contributed by atoms with van der Waals surface area (Å²) in [4.78, 5) is 0. The largest absolute Gasteiger partial charge is 0.410 e. The lowest BCUT2D eigenvalue weighted by Gasteiger charge is -2.35. The van der Waals surface area contributed by atoms with E-state index in [1.165, 1.54) is 5.57 Å². The van der Waals surface area contributed by atoms with Crippen LogP contribution < -0.4 is 0 Å². The molecule has 15 heavy (non-hydrogen) atoms. The Kier molecular flexibility index (Phi) is 2.60. The number of hydrogen-bond acceptors (Lipinski definition) is 2. The third-order valence-corrected chi connectivity index (χ3v) is 4.38. The summed E-state index contributed by atoms with van der Waals surface area (Å²) in [7, 11) is -1.46. The second-order valence-electron chi connectivity index (χ2n) is 6.11. The fourth-order valence-electron chi connectivity index (χ4n) is 2.93. The third-order valence-electron chi connectivity index (χ3n) is 3.33. The Bertz CT molecular complexity index is 282. The van der Waals surface area contributed by atoms with Crippen LogP contribution in [0.2, 0.25) is 19.6 Å². The molecule has 0 spiro atoms. The molecular formula is C12H22O2Si. The molecule has 2 fully saturated rings. The first-order valence-corrected chi connectivity index (χ1v) is 9.19. The minimum absolute atomic E-state index is 0.0265. The number of hydrogen-bond donors (Lipinski definition) is 0. The summed E-state index contributed by atoms with van der Waals surface area (Å²) >= 11 is 0. The van der Waals surface area contributed by atoms with Gasteiger partial charge >= 0.3 is 0 Å². The number of ether oxygens (including phenoxy) is 1. The van der Waals surface area contributed by atoms with Gasteiger partial charge in [-0.3, -0.25) is 0 Å². The highest BCUT2D eigenvalue weighted by molar-refractivity contribution is 6.69. The van der Waals surface area contributed by atoms with Crippen LogP contribution in [0.25, 0.3) is 0 Å². The Morgan fingerprint density at radius 3 is 2.53 bits per heavy atom. The summed E-state index contributed by atoms with van der Waals surface area (Å²) in [5.41, 5.74) is 1.28. The van der Waals surface area contributed by atoms with Gasteiger partial charge in [0.2, 0.25) is 0 Å². The van der Waals surface area contributed by atoms with Crippen LogP contribution in [0.1, 0.15) is 19.8 Å². The normalized spacial score (nSPS) is 39.7. The summed E-state index contributed by atoms with van der Waals surface area (Å²) in [6.45, 7) is 13.7. The molecule has 3 unspecified atom stereocenters. The van der Waals surface area contributed by atoms with Gasteiger partial charge in [-0.05, 0) is 33.0 Å². The van der Waals surface area contributed by atoms with E-state index in [9.17, 15) is 0 Å². The van der Waals surface area contributed by atoms with Crippen molar-refractivity contribution in [3.63, 3.8) is 0 Å². The molecule has 0 N–H and O–H groups in total. The van der Waals surface area contributed by atoms with Crippen LogP contribution in [0.4, 0.5) is 0 Å². The Labute approximate surface area is 93.8 Å². The van der Waals surface area contributed by atoms with Crippen LogP contribution in [0.5, 0.6) is 0 Å². The van der Waals surface area contributed by atoms with E-state index in [2.05, 4.69) is 33.1 Å². The zero-order chi connectivity index (χ0) is 11.3. The topological polar surface area (TPSA) is 18.5 Å². The molecule has 2 aliphatic rings. The fourth-order valence-corrected chi connectivity index (χ4v) is 4.45. The first kappa shape index (κ1) is 11.4. The molecule has 0 radical (unpaired) electrons. The minimum atomic E-state index is -1.46. The molecular weight excluding hydrogens is 204 g/mol. The van der Waals surface area contributed by atoms with Gasteiger partial charge in [-0.25, -0.2) is 0 Å². The average molecular weight is 226 g/mol. The molecule has 3 heteroatoms. The quantitative estimate of drug-likeness (QED) is 0.544. The Morgan fingerprint density at radius 1 is 1.40 bits per heavy atom. The van der Waals surface area contributed by atoms with Gasteiger partial charge in [0.1, 0.15) is 0 Å². The van der Waals surface area contributed by atoms with Gasteiger partial charge < -0.3 is 9.16 Å². The van der Waals surface area contributed by atoms with Gasteiger partial charge in [-0.1, -0.05) is 12.2 Å². The van der Waals surface area contributed by atoms with E-state index < -0.39 is 8.32 Å². The molecule has 1 heterocycles. The molecule has 3 atom stereocenters. The van der Waals surface area contributed by atoms with Crippen molar-refractivity contribution in [2.75, 3.05) is 6.61 Å². The lowest BCUT2D eigenvalue weighted by Crippen LogP contribution is -2.43. The highest BCUT2D eigenvalue weighted by Crippen LogP contribution is 2.48. The van der Waals surface area contributed by atoms with Crippen molar-refractivity contribution in [3.05, 3.63) is 12.2 Å². The van der Waals surface area contributed by atoms with Gasteiger partial charge in [0.15, 0.2) is 8.32 Å². The van der Waals surface area contributed by atoms with E-state index in [0.29, 0.717) is 12.0 Å². The van der Waals surface area contributed by atoms with Gasteiger partial charge in [-0.2, -0.15) is 0 Å². The smallest absolute Gasteiger partial charge is 0.184 e. The van der Waals surface area contributed by atoms with Crippen molar-refractivity contribution < 1.29 is 9.16 Å². The molecule has 0 aromatic rings. The summed E-state index contributed by atoms with van der Waals surface area (Å²) in [5.74, 6) is 0.523. The number of rotatable bonds is 3. The van der Waals surface area contributed by atoms with Crippen molar-refractivity contribution in [2.24, 2.45) is 5.92 Å². The summed E-state index contributed by atoms with van der Waals surface area (Å²) in [6, 6.07) is 0. The standard InChI is InChI=1S/C12H22O2Si/c1-9(2)10-6-12(14-15(3,4)5)7-11(10)13-8-12/h10-11H,1,6-8H2,2-5H3. The Morgan fingerprint density at radius 2 is 2.07 bits per heavy atom. The lowest BCUT2D eigenvalue weighted by molar-refractivity contribution is -0.0229. The molecule has 2 rings (SSSR count). The van der Waals surface area contributed by atoms with Crippen LogP contribution in [0, 0.1) is 5.92 Å². The summed E-state index contributed by atoms with van der Waals surface area (Å²) in [5, 5.41) is 0. The molecule has 2 nitrogen and oxygen atoms in total. The molecule has 1 saturated carbocycles. The maximum atomic E-state index is 6.33. The molecule has 2 bridgehead atoms. The lowest BCUT2D eigenvalue weighted by atomic mass is 9.94. The van der Waals surface area contributed by atoms with Crippen LogP contribution in [-0.4, -0.2) is 26.6 Å². The second-order valence-corrected chi connectivity index (χ2v) is 10.5. The van der Waals surface area contributed by atoms with Gasteiger partial charge in [0.25, 0.3) is 0 Å². The molecule has 86 valence electrons. The highest BCUT2D eigenvalue weighted by Gasteiger charge is 2.54. The van der Waals surface area contributed by atoms with E-state index in [0.717, 1.165) is 19.4 Å². The maximum absolute atomic E-state index is 6.33. The van der Waals surface area contributed by atoms with Crippen molar-refractivity contribution in [2.45, 2.75) is 51.1 Å². The van der Waals surface area contributed by atoms with Crippen molar-refractivity contribution in [1.29, 1.82) is 0 Å². The van der Waals surface area contributed by atoms with Crippen LogP contribution >= 0.6 is 0 Å². The van der Waals surface area contributed by atoms with Gasteiger partial charge in [0.05, 0.1) is 18.3 Å². The first-order valence-electron chi connectivity index (χ1n) is 5.79. The predicted molar refractivity (Wildman–Crippen MR) is 64.4 cm³/mol. The van der Waals surface area contributed by atoms with Crippen molar-refractivity contribution in [3.8, 4) is 0 Å². The summed E-state index contributed by atoms with van der Waals surface area (Å²) in [6.07, 6.45) is 2.57. The number of fused-ring (bicyclic) bond motifs is 2. The van der Waals surface area contributed by atoms with E-state index in [4.69, 9.17) is 9.16 Å². The Hall–Kier alpha value is -0.123. The molecule has 0 amide bonds. The van der Waals surface area contributed by atoms with Crippen molar-refractivity contribution >= 4 is 8.32 Å². The van der Waals surface area contributed by atoms with Crippen LogP contribution in [-0.2, 0) is 9.16 Å². The van der Waals surface area contributed by atoms with E-state index in [1.54, 1.807) is 0 Å².